The number of benzene rings is 1. The number of nitrogens with one attached hydrogen (secondary N) is 2. The first-order chi connectivity index (χ1) is 13.7. The minimum Gasteiger partial charge on any atom is -0.444 e. The normalized spacial score (nSPS) is 17.6. The van der Waals surface area contributed by atoms with E-state index in [0.717, 1.165) is 44.3 Å². The Morgan fingerprint density at radius 3 is 2.21 bits per heavy atom. The van der Waals surface area contributed by atoms with Crippen LogP contribution >= 0.6 is 0 Å². The molecule has 1 heterocycles. The topological polar surface area (TPSA) is 87.7 Å². The summed E-state index contributed by atoms with van der Waals surface area (Å²) in [7, 11) is 0. The largest absolute Gasteiger partial charge is 0.444 e. The van der Waals surface area contributed by atoms with Crippen molar-refractivity contribution in [2.75, 3.05) is 13.1 Å². The quantitative estimate of drug-likeness (QED) is 0.794. The Balaban J connectivity index is 1.42. The van der Waals surface area contributed by atoms with Gasteiger partial charge in [-0.3, -0.25) is 9.59 Å². The maximum absolute atomic E-state index is 12.5. The summed E-state index contributed by atoms with van der Waals surface area (Å²) in [5.74, 6) is 0.429. The highest BCUT2D eigenvalue weighted by molar-refractivity contribution is 5.94. The molecular formula is C22H31N3O4. The van der Waals surface area contributed by atoms with E-state index in [-0.39, 0.29) is 23.8 Å². The van der Waals surface area contributed by atoms with Gasteiger partial charge in [0.05, 0.1) is 0 Å². The number of hydrogen-bond acceptors (Lipinski definition) is 4. The molecule has 1 aromatic rings. The highest BCUT2D eigenvalue weighted by Crippen LogP contribution is 2.31. The van der Waals surface area contributed by atoms with Crippen LogP contribution in [0.2, 0.25) is 0 Å². The molecule has 7 heteroatoms. The van der Waals surface area contributed by atoms with Crippen LogP contribution in [0.15, 0.2) is 24.3 Å². The van der Waals surface area contributed by atoms with Crippen LogP contribution in [0, 0.1) is 5.92 Å². The van der Waals surface area contributed by atoms with E-state index in [9.17, 15) is 14.4 Å². The second-order valence-corrected chi connectivity index (χ2v) is 8.90. The average molecular weight is 402 g/mol. The van der Waals surface area contributed by atoms with E-state index in [1.807, 2.05) is 37.8 Å². The van der Waals surface area contributed by atoms with E-state index in [1.165, 1.54) is 0 Å². The summed E-state index contributed by atoms with van der Waals surface area (Å²) in [5, 5.41) is 5.77. The van der Waals surface area contributed by atoms with Crippen LogP contribution in [0.1, 0.15) is 62.4 Å². The number of amides is 3. The van der Waals surface area contributed by atoms with Gasteiger partial charge in [-0.2, -0.15) is 0 Å². The molecule has 1 saturated heterocycles. The number of carbonyl (C=O) groups excluding carboxylic acids is 3. The fraction of sp³-hybridized carbons (Fsp3) is 0.591. The number of hydrogen-bond donors (Lipinski definition) is 2. The van der Waals surface area contributed by atoms with E-state index in [2.05, 4.69) is 10.6 Å². The summed E-state index contributed by atoms with van der Waals surface area (Å²) in [6, 6.07) is 7.26. The summed E-state index contributed by atoms with van der Waals surface area (Å²) in [4.78, 5) is 38.3. The van der Waals surface area contributed by atoms with Crippen molar-refractivity contribution in [3.8, 4) is 0 Å². The SMILES string of the molecule is CC(C)(C)OC(=O)NCc1ccc(C(=O)NC2CCN(C(=O)C3CC3)CC2)cc1. The lowest BCUT2D eigenvalue weighted by molar-refractivity contribution is -0.133. The molecule has 3 amide bonds. The van der Waals surface area contributed by atoms with Crippen molar-refractivity contribution < 1.29 is 19.1 Å². The first-order valence-electron chi connectivity index (χ1n) is 10.4. The van der Waals surface area contributed by atoms with Gasteiger partial charge in [0, 0.05) is 37.2 Å². The monoisotopic (exact) mass is 401 g/mol. The molecule has 2 fully saturated rings. The molecule has 0 unspecified atom stereocenters. The zero-order chi connectivity index (χ0) is 21.0. The van der Waals surface area contributed by atoms with Gasteiger partial charge in [-0.05, 0) is 64.2 Å². The van der Waals surface area contributed by atoms with Gasteiger partial charge in [-0.25, -0.2) is 4.79 Å². The second kappa shape index (κ2) is 8.84. The van der Waals surface area contributed by atoms with Crippen molar-refractivity contribution in [3.05, 3.63) is 35.4 Å². The second-order valence-electron chi connectivity index (χ2n) is 8.90. The Hall–Kier alpha value is -2.57. The predicted molar refractivity (Wildman–Crippen MR) is 109 cm³/mol. The number of ether oxygens (including phenoxy) is 1. The van der Waals surface area contributed by atoms with Gasteiger partial charge in [0.25, 0.3) is 5.91 Å². The number of carbonyl (C=O) groups is 3. The Bertz CT molecular complexity index is 742. The molecule has 3 rings (SSSR count). The highest BCUT2D eigenvalue weighted by Gasteiger charge is 2.35. The van der Waals surface area contributed by atoms with Crippen LogP contribution in [0.25, 0.3) is 0 Å². The number of nitrogens with zero attached hydrogens (tertiary/aromatic N) is 1. The van der Waals surface area contributed by atoms with Crippen molar-refractivity contribution in [2.24, 2.45) is 5.92 Å². The summed E-state index contributed by atoms with van der Waals surface area (Å²) >= 11 is 0. The van der Waals surface area contributed by atoms with Crippen LogP contribution < -0.4 is 10.6 Å². The third-order valence-corrected chi connectivity index (χ3v) is 5.12. The molecular weight excluding hydrogens is 370 g/mol. The minimum absolute atomic E-state index is 0.0965. The van der Waals surface area contributed by atoms with Crippen LogP contribution in [0.3, 0.4) is 0 Å². The Morgan fingerprint density at radius 2 is 1.66 bits per heavy atom. The van der Waals surface area contributed by atoms with Crippen LogP contribution in [-0.2, 0) is 16.1 Å². The molecule has 1 aliphatic heterocycles. The smallest absolute Gasteiger partial charge is 0.407 e. The number of alkyl carbamates (subject to hydrolysis) is 1. The van der Waals surface area contributed by atoms with E-state index in [0.29, 0.717) is 12.1 Å². The summed E-state index contributed by atoms with van der Waals surface area (Å²) in [5.41, 5.74) is 0.940. The molecule has 158 valence electrons. The molecule has 1 aromatic carbocycles. The van der Waals surface area contributed by atoms with E-state index in [1.54, 1.807) is 12.1 Å². The van der Waals surface area contributed by atoms with Crippen molar-refractivity contribution >= 4 is 17.9 Å². The molecule has 0 aromatic heterocycles. The van der Waals surface area contributed by atoms with Gasteiger partial charge in [-0.1, -0.05) is 12.1 Å². The summed E-state index contributed by atoms with van der Waals surface area (Å²) in [6.07, 6.45) is 3.17. The van der Waals surface area contributed by atoms with Crippen molar-refractivity contribution in [1.82, 2.24) is 15.5 Å². The molecule has 1 aliphatic carbocycles. The predicted octanol–water partition coefficient (Wildman–Crippen LogP) is 2.84. The standard InChI is InChI=1S/C22H31N3O4/c1-22(2,3)29-21(28)23-14-15-4-6-16(7-5-15)19(26)24-18-10-12-25(13-11-18)20(27)17-8-9-17/h4-7,17-18H,8-14H2,1-3H3,(H,23,28)(H,24,26). The summed E-state index contributed by atoms with van der Waals surface area (Å²) in [6.45, 7) is 7.22. The van der Waals surface area contributed by atoms with Gasteiger partial charge in [0.15, 0.2) is 0 Å². The lowest BCUT2D eigenvalue weighted by Crippen LogP contribution is -2.47. The van der Waals surface area contributed by atoms with Gasteiger partial charge in [-0.15, -0.1) is 0 Å². The third kappa shape index (κ3) is 6.48. The maximum Gasteiger partial charge on any atom is 0.407 e. The minimum atomic E-state index is -0.534. The first kappa shape index (κ1) is 21.1. The molecule has 0 bridgehead atoms. The lowest BCUT2D eigenvalue weighted by atomic mass is 10.0. The molecule has 1 saturated carbocycles. The van der Waals surface area contributed by atoms with Crippen molar-refractivity contribution in [1.29, 1.82) is 0 Å². The molecule has 2 N–H and O–H groups in total. The highest BCUT2D eigenvalue weighted by atomic mass is 16.6. The van der Waals surface area contributed by atoms with Crippen LogP contribution in [-0.4, -0.2) is 47.5 Å². The fourth-order valence-corrected chi connectivity index (χ4v) is 3.36. The fourth-order valence-electron chi connectivity index (χ4n) is 3.36. The molecule has 29 heavy (non-hydrogen) atoms. The van der Waals surface area contributed by atoms with Crippen LogP contribution in [0.5, 0.6) is 0 Å². The van der Waals surface area contributed by atoms with Gasteiger partial charge in [0.2, 0.25) is 5.91 Å². The Morgan fingerprint density at radius 1 is 1.03 bits per heavy atom. The van der Waals surface area contributed by atoms with E-state index in [4.69, 9.17) is 4.74 Å². The van der Waals surface area contributed by atoms with Crippen molar-refractivity contribution in [2.45, 2.75) is 64.6 Å². The van der Waals surface area contributed by atoms with E-state index >= 15 is 0 Å². The zero-order valence-corrected chi connectivity index (χ0v) is 17.5. The molecule has 7 nitrogen and oxygen atoms in total. The van der Waals surface area contributed by atoms with Gasteiger partial charge >= 0.3 is 6.09 Å². The number of rotatable bonds is 5. The summed E-state index contributed by atoms with van der Waals surface area (Å²) < 4.78 is 5.21. The third-order valence-electron chi connectivity index (χ3n) is 5.12. The molecule has 2 aliphatic rings. The number of piperidine rings is 1. The lowest BCUT2D eigenvalue weighted by Gasteiger charge is -2.32. The Labute approximate surface area is 172 Å². The van der Waals surface area contributed by atoms with Gasteiger partial charge in [0.1, 0.15) is 5.60 Å². The molecule has 0 radical (unpaired) electrons. The van der Waals surface area contributed by atoms with Gasteiger partial charge < -0.3 is 20.3 Å². The van der Waals surface area contributed by atoms with Crippen LogP contribution in [0.4, 0.5) is 4.79 Å². The maximum atomic E-state index is 12.5. The number of likely N-dealkylation sites (tertiary alicyclic amines) is 1. The van der Waals surface area contributed by atoms with Crippen molar-refractivity contribution in [3.63, 3.8) is 0 Å². The zero-order valence-electron chi connectivity index (χ0n) is 17.5. The first-order valence-corrected chi connectivity index (χ1v) is 10.4. The molecule has 0 atom stereocenters. The van der Waals surface area contributed by atoms with E-state index < -0.39 is 11.7 Å². The average Bonchev–Trinajstić information content (AvgIpc) is 3.51. The molecule has 0 spiro atoms. The Kier molecular flexibility index (Phi) is 6.45.